The molecule has 35 heavy (non-hydrogen) atoms. The van der Waals surface area contributed by atoms with E-state index in [0.29, 0.717) is 34.8 Å². The Labute approximate surface area is 225 Å². The maximum atomic E-state index is 12.6. The molecule has 2 aromatic rings. The molecule has 0 aromatic carbocycles. The summed E-state index contributed by atoms with van der Waals surface area (Å²) < 4.78 is 24.8. The molecule has 2 heterocycles. The number of esters is 1. The lowest BCUT2D eigenvalue weighted by Crippen LogP contribution is -2.32. The summed E-state index contributed by atoms with van der Waals surface area (Å²) in [6.45, 7) is 12.7. The number of ether oxygens (including phenoxy) is 4. The van der Waals surface area contributed by atoms with Crippen molar-refractivity contribution in [1.29, 1.82) is 0 Å². The first-order valence-electron chi connectivity index (χ1n) is 11.3. The van der Waals surface area contributed by atoms with E-state index in [9.17, 15) is 9.59 Å². The van der Waals surface area contributed by atoms with Gasteiger partial charge < -0.3 is 23.5 Å². The third-order valence-electron chi connectivity index (χ3n) is 4.93. The maximum Gasteiger partial charge on any atom is 0.344 e. The summed E-state index contributed by atoms with van der Waals surface area (Å²) in [6.07, 6.45) is 3.91. The van der Waals surface area contributed by atoms with Gasteiger partial charge in [-0.1, -0.05) is 32.4 Å². The molecule has 2 rings (SSSR count). The number of nitrogens with zero attached hydrogens (tertiary/aromatic N) is 2. The normalized spacial score (nSPS) is 12.8. The molecular weight excluding hydrogens is 587 g/mol. The molecule has 10 heteroatoms. The Kier molecular flexibility index (Phi) is 10.4. The summed E-state index contributed by atoms with van der Waals surface area (Å²) in [4.78, 5) is 29.3. The van der Waals surface area contributed by atoms with Crippen molar-refractivity contribution < 1.29 is 23.7 Å². The number of rotatable bonds is 10. The smallest absolute Gasteiger partial charge is 0.344 e. The second kappa shape index (κ2) is 12.4. The summed E-state index contributed by atoms with van der Waals surface area (Å²) in [5.41, 5.74) is -1.40. The van der Waals surface area contributed by atoms with Crippen molar-refractivity contribution in [3.8, 4) is 11.5 Å². The molecule has 0 aliphatic heterocycles. The molecule has 8 nitrogen and oxygen atoms in total. The van der Waals surface area contributed by atoms with Gasteiger partial charge in [-0.15, -0.1) is 0 Å². The average molecular weight is 621 g/mol. The van der Waals surface area contributed by atoms with E-state index in [0.717, 1.165) is 0 Å². The molecule has 2 aromatic heterocycles. The van der Waals surface area contributed by atoms with Crippen molar-refractivity contribution in [1.82, 2.24) is 9.55 Å². The number of aromatic nitrogens is 2. The fourth-order valence-electron chi connectivity index (χ4n) is 3.15. The molecular formula is C25H34ClIN2O6. The van der Waals surface area contributed by atoms with Crippen LogP contribution in [0.25, 0.3) is 0 Å². The Bertz CT molecular complexity index is 1080. The number of hydrogen-bond donors (Lipinski definition) is 0. The molecule has 0 spiro atoms. The Balaban J connectivity index is 2.29. The quantitative estimate of drug-likeness (QED) is 0.149. The van der Waals surface area contributed by atoms with Gasteiger partial charge in [-0.05, 0) is 48.8 Å². The van der Waals surface area contributed by atoms with Crippen LogP contribution in [0.4, 0.5) is 0 Å². The molecule has 0 aliphatic rings. The molecule has 0 N–H and O–H groups in total. The van der Waals surface area contributed by atoms with Crippen molar-refractivity contribution in [2.45, 2.75) is 59.6 Å². The monoisotopic (exact) mass is 620 g/mol. The molecule has 0 amide bonds. The molecule has 194 valence electrons. The number of methoxy groups -OCH3 is 1. The molecule has 0 fully saturated rings. The highest BCUT2D eigenvalue weighted by atomic mass is 127. The van der Waals surface area contributed by atoms with Crippen molar-refractivity contribution in [2.75, 3.05) is 26.9 Å². The highest BCUT2D eigenvalue weighted by Gasteiger charge is 2.29. The zero-order valence-corrected chi connectivity index (χ0v) is 24.2. The van der Waals surface area contributed by atoms with Crippen LogP contribution in [0.1, 0.15) is 64.4 Å². The minimum absolute atomic E-state index is 0.0221. The summed E-state index contributed by atoms with van der Waals surface area (Å²) >= 11 is 8.31. The van der Waals surface area contributed by atoms with Crippen LogP contribution in [0.3, 0.4) is 0 Å². The van der Waals surface area contributed by atoms with Gasteiger partial charge in [0.05, 0.1) is 12.6 Å². The first-order chi connectivity index (χ1) is 16.2. The molecule has 0 radical (unpaired) electrons. The van der Waals surface area contributed by atoms with Gasteiger partial charge in [0.25, 0.3) is 0 Å². The summed E-state index contributed by atoms with van der Waals surface area (Å²) in [7, 11) is 1.64. The second-order valence-electron chi connectivity index (χ2n) is 10.1. The van der Waals surface area contributed by atoms with Crippen molar-refractivity contribution >= 4 is 40.2 Å². The Morgan fingerprint density at radius 3 is 2.43 bits per heavy atom. The van der Waals surface area contributed by atoms with Gasteiger partial charge in [-0.2, -0.15) is 0 Å². The van der Waals surface area contributed by atoms with E-state index in [4.69, 9.17) is 30.5 Å². The highest BCUT2D eigenvalue weighted by molar-refractivity contribution is 14.1. The fraction of sp³-hybridized carbons (Fsp3) is 0.560. The van der Waals surface area contributed by atoms with Gasteiger partial charge in [-0.3, -0.25) is 4.79 Å². The van der Waals surface area contributed by atoms with E-state index in [2.05, 4.69) is 48.3 Å². The summed E-state index contributed by atoms with van der Waals surface area (Å²) in [6, 6.07) is 2.88. The molecule has 1 atom stereocenters. The number of carbonyl (C=O) groups excluding carboxylic acids is 1. The summed E-state index contributed by atoms with van der Waals surface area (Å²) in [5.74, 6) is 0.303. The third kappa shape index (κ3) is 8.95. The number of pyridine rings is 2. The van der Waals surface area contributed by atoms with Crippen LogP contribution >= 0.6 is 34.2 Å². The van der Waals surface area contributed by atoms with Crippen LogP contribution in [0.5, 0.6) is 11.5 Å². The molecule has 0 saturated carbocycles. The van der Waals surface area contributed by atoms with Gasteiger partial charge >= 0.3 is 5.97 Å². The first kappa shape index (κ1) is 29.4. The molecule has 0 unspecified atom stereocenters. The van der Waals surface area contributed by atoms with Gasteiger partial charge in [-0.25, -0.2) is 9.78 Å². The Hall–Kier alpha value is -1.85. The zero-order chi connectivity index (χ0) is 26.4. The lowest BCUT2D eigenvalue weighted by atomic mass is 9.87. The minimum Gasteiger partial charge on any atom is -0.490 e. The number of carbonyl (C=O) groups is 1. The largest absolute Gasteiger partial charge is 0.490 e. The van der Waals surface area contributed by atoms with E-state index in [1.165, 1.54) is 12.3 Å². The molecule has 0 saturated heterocycles. The van der Waals surface area contributed by atoms with E-state index >= 15 is 0 Å². The van der Waals surface area contributed by atoms with Crippen LogP contribution in [-0.2, 0) is 9.47 Å². The maximum absolute atomic E-state index is 12.6. The average Bonchev–Trinajstić information content (AvgIpc) is 2.72. The molecule has 0 bridgehead atoms. The van der Waals surface area contributed by atoms with E-state index in [1.807, 2.05) is 4.57 Å². The first-order valence-corrected chi connectivity index (χ1v) is 12.7. The molecule has 0 aliphatic carbocycles. The zero-order valence-electron chi connectivity index (χ0n) is 21.3. The van der Waals surface area contributed by atoms with Crippen LogP contribution in [0, 0.1) is 9.12 Å². The second-order valence-corrected chi connectivity index (χ2v) is 11.5. The number of hydrogen-bond acceptors (Lipinski definition) is 7. The van der Waals surface area contributed by atoms with Crippen molar-refractivity contribution in [2.24, 2.45) is 5.41 Å². The lowest BCUT2D eigenvalue weighted by molar-refractivity contribution is 0.00660. The van der Waals surface area contributed by atoms with Crippen LogP contribution in [0.2, 0.25) is 5.15 Å². The summed E-state index contributed by atoms with van der Waals surface area (Å²) in [5, 5.41) is 0.258. The van der Waals surface area contributed by atoms with Gasteiger partial charge in [0.2, 0.25) is 0 Å². The van der Waals surface area contributed by atoms with Crippen LogP contribution in [-0.4, -0.2) is 48.1 Å². The van der Waals surface area contributed by atoms with E-state index in [-0.39, 0.29) is 28.8 Å². The predicted molar refractivity (Wildman–Crippen MR) is 144 cm³/mol. The lowest BCUT2D eigenvalue weighted by Gasteiger charge is -2.33. The fourth-order valence-corrected chi connectivity index (χ4v) is 4.04. The Morgan fingerprint density at radius 1 is 1.14 bits per heavy atom. The highest BCUT2D eigenvalue weighted by Crippen LogP contribution is 2.34. The topological polar surface area (TPSA) is 88.9 Å². The minimum atomic E-state index is -0.710. The van der Waals surface area contributed by atoms with Crippen molar-refractivity contribution in [3.63, 3.8) is 0 Å². The predicted octanol–water partition coefficient (Wildman–Crippen LogP) is 5.54. The van der Waals surface area contributed by atoms with E-state index in [1.54, 1.807) is 40.1 Å². The Morgan fingerprint density at radius 2 is 1.83 bits per heavy atom. The third-order valence-corrected chi connectivity index (χ3v) is 5.98. The standard InChI is InChI=1S/C25H34ClIN2O6/c1-24(2,3)20(29-10-9-17(30)16(14-29)23(31)35-25(4,5)6)15-34-19-13-18(21(26)28-22(19)27)33-12-8-11-32-7/h9-10,13-14,20H,8,11-12,15H2,1-7H3/t20-/m0/s1. The van der Waals surface area contributed by atoms with Gasteiger partial charge in [0.15, 0.2) is 22.1 Å². The van der Waals surface area contributed by atoms with Gasteiger partial charge in [0, 0.05) is 44.7 Å². The van der Waals surface area contributed by atoms with Crippen LogP contribution in [0.15, 0.2) is 29.3 Å². The van der Waals surface area contributed by atoms with Gasteiger partial charge in [0.1, 0.15) is 21.5 Å². The number of halogens is 2. The van der Waals surface area contributed by atoms with Crippen LogP contribution < -0.4 is 14.9 Å². The van der Waals surface area contributed by atoms with E-state index < -0.39 is 17.0 Å². The van der Waals surface area contributed by atoms with Crippen molar-refractivity contribution in [3.05, 3.63) is 49.2 Å². The SMILES string of the molecule is COCCCOc1cc(OC[C@H](n2ccc(=O)c(C(=O)OC(C)(C)C)c2)C(C)(C)C)c(I)nc1Cl.